The molecule has 1 heterocycles. The van der Waals surface area contributed by atoms with Gasteiger partial charge in [-0.3, -0.25) is 4.90 Å². The molecule has 3 heteroatoms. The Bertz CT molecular complexity index is 405. The third-order valence-electron chi connectivity index (χ3n) is 4.36. The van der Waals surface area contributed by atoms with Crippen molar-refractivity contribution in [2.24, 2.45) is 11.7 Å². The largest absolute Gasteiger partial charge is 0.330 e. The van der Waals surface area contributed by atoms with Gasteiger partial charge in [0, 0.05) is 10.5 Å². The molecule has 1 aromatic carbocycles. The van der Waals surface area contributed by atoms with E-state index in [2.05, 4.69) is 52.9 Å². The average molecular weight is 325 g/mol. The van der Waals surface area contributed by atoms with Crippen LogP contribution in [0, 0.1) is 12.8 Å². The molecule has 19 heavy (non-hydrogen) atoms. The maximum absolute atomic E-state index is 6.05. The SMILES string of the molecule is CCN1CCCCC(CN)C1c1ccc(C)c(Br)c1. The minimum Gasteiger partial charge on any atom is -0.330 e. The first-order valence-corrected chi connectivity index (χ1v) is 8.16. The van der Waals surface area contributed by atoms with Crippen LogP contribution in [0.3, 0.4) is 0 Å². The van der Waals surface area contributed by atoms with Crippen LogP contribution in [0.5, 0.6) is 0 Å². The van der Waals surface area contributed by atoms with Crippen molar-refractivity contribution in [2.45, 2.75) is 39.2 Å². The fourth-order valence-corrected chi connectivity index (χ4v) is 3.59. The van der Waals surface area contributed by atoms with Crippen molar-refractivity contribution in [1.29, 1.82) is 0 Å². The van der Waals surface area contributed by atoms with E-state index in [4.69, 9.17) is 5.73 Å². The van der Waals surface area contributed by atoms with Crippen LogP contribution < -0.4 is 5.73 Å². The van der Waals surface area contributed by atoms with Gasteiger partial charge < -0.3 is 5.73 Å². The second-order valence-corrected chi connectivity index (χ2v) is 6.43. The number of rotatable bonds is 3. The van der Waals surface area contributed by atoms with Crippen LogP contribution in [0.25, 0.3) is 0 Å². The van der Waals surface area contributed by atoms with Gasteiger partial charge in [-0.15, -0.1) is 0 Å². The number of likely N-dealkylation sites (tertiary alicyclic amines) is 1. The quantitative estimate of drug-likeness (QED) is 0.914. The van der Waals surface area contributed by atoms with E-state index >= 15 is 0 Å². The van der Waals surface area contributed by atoms with Crippen LogP contribution in [0.4, 0.5) is 0 Å². The topological polar surface area (TPSA) is 29.3 Å². The first-order chi connectivity index (χ1) is 9.17. The number of benzene rings is 1. The minimum atomic E-state index is 0.481. The summed E-state index contributed by atoms with van der Waals surface area (Å²) in [5, 5.41) is 0. The van der Waals surface area contributed by atoms with E-state index in [1.54, 1.807) is 0 Å². The molecule has 106 valence electrons. The number of nitrogens with zero attached hydrogens (tertiary/aromatic N) is 1. The maximum Gasteiger partial charge on any atom is 0.0388 e. The molecule has 2 rings (SSSR count). The summed E-state index contributed by atoms with van der Waals surface area (Å²) >= 11 is 3.67. The molecule has 2 atom stereocenters. The molecule has 2 nitrogen and oxygen atoms in total. The highest BCUT2D eigenvalue weighted by atomic mass is 79.9. The lowest BCUT2D eigenvalue weighted by atomic mass is 9.89. The van der Waals surface area contributed by atoms with E-state index in [0.29, 0.717) is 12.0 Å². The Morgan fingerprint density at radius 3 is 2.79 bits per heavy atom. The average Bonchev–Trinajstić information content (AvgIpc) is 2.63. The summed E-state index contributed by atoms with van der Waals surface area (Å²) in [6.45, 7) is 7.48. The standard InChI is InChI=1S/C16H25BrN2/c1-3-19-9-5-4-6-14(11-18)16(19)13-8-7-12(2)15(17)10-13/h7-8,10,14,16H,3-6,9,11,18H2,1-2H3. The van der Waals surface area contributed by atoms with Gasteiger partial charge in [-0.25, -0.2) is 0 Å². The van der Waals surface area contributed by atoms with Crippen LogP contribution in [-0.4, -0.2) is 24.5 Å². The minimum absolute atomic E-state index is 0.481. The molecular formula is C16H25BrN2. The van der Waals surface area contributed by atoms with Crippen LogP contribution in [0.15, 0.2) is 22.7 Å². The summed E-state index contributed by atoms with van der Waals surface area (Å²) in [7, 11) is 0. The molecule has 1 aromatic rings. The van der Waals surface area contributed by atoms with Crippen LogP contribution >= 0.6 is 15.9 Å². The predicted molar refractivity (Wildman–Crippen MR) is 85.3 cm³/mol. The normalized spacial score (nSPS) is 25.3. The highest BCUT2D eigenvalue weighted by molar-refractivity contribution is 9.10. The summed E-state index contributed by atoms with van der Waals surface area (Å²) in [6.07, 6.45) is 3.86. The molecule has 2 N–H and O–H groups in total. The van der Waals surface area contributed by atoms with E-state index in [-0.39, 0.29) is 0 Å². The molecule has 0 bridgehead atoms. The summed E-state index contributed by atoms with van der Waals surface area (Å²) in [5.41, 5.74) is 8.76. The monoisotopic (exact) mass is 324 g/mol. The van der Waals surface area contributed by atoms with Crippen molar-refractivity contribution in [2.75, 3.05) is 19.6 Å². The van der Waals surface area contributed by atoms with Crippen molar-refractivity contribution < 1.29 is 0 Å². The number of nitrogens with two attached hydrogens (primary N) is 1. The Hall–Kier alpha value is -0.380. The summed E-state index contributed by atoms with van der Waals surface area (Å²) < 4.78 is 1.21. The molecule has 0 amide bonds. The lowest BCUT2D eigenvalue weighted by molar-refractivity contribution is 0.166. The van der Waals surface area contributed by atoms with Crippen LogP contribution in [-0.2, 0) is 0 Å². The van der Waals surface area contributed by atoms with Gasteiger partial charge >= 0.3 is 0 Å². The van der Waals surface area contributed by atoms with Crippen LogP contribution in [0.2, 0.25) is 0 Å². The molecule has 2 unspecified atom stereocenters. The molecule has 0 saturated carbocycles. The van der Waals surface area contributed by atoms with Gasteiger partial charge in [0.15, 0.2) is 0 Å². The van der Waals surface area contributed by atoms with Gasteiger partial charge in [-0.05, 0) is 62.5 Å². The van der Waals surface area contributed by atoms with Gasteiger partial charge in [-0.2, -0.15) is 0 Å². The zero-order valence-corrected chi connectivity index (χ0v) is 13.6. The highest BCUT2D eigenvalue weighted by Gasteiger charge is 2.29. The van der Waals surface area contributed by atoms with Gasteiger partial charge in [0.2, 0.25) is 0 Å². The number of aryl methyl sites for hydroxylation is 1. The number of hydrogen-bond acceptors (Lipinski definition) is 2. The Morgan fingerprint density at radius 1 is 1.37 bits per heavy atom. The smallest absolute Gasteiger partial charge is 0.0388 e. The van der Waals surface area contributed by atoms with Gasteiger partial charge in [-0.1, -0.05) is 41.4 Å². The summed E-state index contributed by atoms with van der Waals surface area (Å²) in [4.78, 5) is 2.60. The highest BCUT2D eigenvalue weighted by Crippen LogP contribution is 2.35. The molecule has 1 aliphatic rings. The van der Waals surface area contributed by atoms with Crippen molar-refractivity contribution >= 4 is 15.9 Å². The second kappa shape index (κ2) is 6.87. The van der Waals surface area contributed by atoms with Crippen molar-refractivity contribution in [1.82, 2.24) is 4.90 Å². The van der Waals surface area contributed by atoms with E-state index < -0.39 is 0 Å². The van der Waals surface area contributed by atoms with Crippen molar-refractivity contribution in [3.8, 4) is 0 Å². The Labute approximate surface area is 125 Å². The molecule has 0 radical (unpaired) electrons. The van der Waals surface area contributed by atoms with Crippen molar-refractivity contribution in [3.05, 3.63) is 33.8 Å². The van der Waals surface area contributed by atoms with Crippen molar-refractivity contribution in [3.63, 3.8) is 0 Å². The summed E-state index contributed by atoms with van der Waals surface area (Å²) in [5.74, 6) is 0.581. The molecule has 1 saturated heterocycles. The third-order valence-corrected chi connectivity index (χ3v) is 5.21. The van der Waals surface area contributed by atoms with Gasteiger partial charge in [0.25, 0.3) is 0 Å². The maximum atomic E-state index is 6.05. The molecular weight excluding hydrogens is 300 g/mol. The lowest BCUT2D eigenvalue weighted by Crippen LogP contribution is -2.35. The van der Waals surface area contributed by atoms with E-state index in [1.807, 2.05) is 0 Å². The molecule has 1 aliphatic heterocycles. The zero-order valence-electron chi connectivity index (χ0n) is 12.0. The fourth-order valence-electron chi connectivity index (χ4n) is 3.19. The first-order valence-electron chi connectivity index (χ1n) is 7.37. The Morgan fingerprint density at radius 2 is 2.16 bits per heavy atom. The lowest BCUT2D eigenvalue weighted by Gasteiger charge is -2.34. The van der Waals surface area contributed by atoms with Crippen LogP contribution in [0.1, 0.15) is 43.4 Å². The molecule has 0 aliphatic carbocycles. The summed E-state index contributed by atoms with van der Waals surface area (Å²) in [6, 6.07) is 7.26. The molecule has 0 spiro atoms. The van der Waals surface area contributed by atoms with E-state index in [1.165, 1.54) is 41.4 Å². The van der Waals surface area contributed by atoms with E-state index in [9.17, 15) is 0 Å². The van der Waals surface area contributed by atoms with Gasteiger partial charge in [0.1, 0.15) is 0 Å². The number of halogens is 1. The molecule has 0 aromatic heterocycles. The van der Waals surface area contributed by atoms with Gasteiger partial charge in [0.05, 0.1) is 0 Å². The predicted octanol–water partition coefficient (Wildman–Crippen LogP) is 3.88. The third kappa shape index (κ3) is 3.39. The Kier molecular flexibility index (Phi) is 5.43. The fraction of sp³-hybridized carbons (Fsp3) is 0.625. The first kappa shape index (κ1) is 15.0. The number of hydrogen-bond donors (Lipinski definition) is 1. The second-order valence-electron chi connectivity index (χ2n) is 5.57. The molecule has 1 fully saturated rings. The Balaban J connectivity index is 2.36. The van der Waals surface area contributed by atoms with E-state index in [0.717, 1.165) is 13.1 Å². The zero-order chi connectivity index (χ0) is 13.8.